The van der Waals surface area contributed by atoms with Gasteiger partial charge in [0.05, 0.1) is 11.0 Å². The third kappa shape index (κ3) is 7.56. The summed E-state index contributed by atoms with van der Waals surface area (Å²) in [5.74, 6) is 0. The van der Waals surface area contributed by atoms with Gasteiger partial charge in [-0.1, -0.05) is 93.6 Å². The van der Waals surface area contributed by atoms with Crippen LogP contribution in [0, 0.1) is 0 Å². The second kappa shape index (κ2) is 13.2. The Balaban J connectivity index is 2.76. The second-order valence-corrected chi connectivity index (χ2v) is 23.0. The molecule has 0 spiro atoms. The summed E-state index contributed by atoms with van der Waals surface area (Å²) in [5, 5.41) is 2.61. The van der Waals surface area contributed by atoms with Crippen LogP contribution in [0.1, 0.15) is 47.0 Å². The highest BCUT2D eigenvalue weighted by Crippen LogP contribution is 2.41. The summed E-state index contributed by atoms with van der Waals surface area (Å²) in [4.78, 5) is -0.301. The van der Waals surface area contributed by atoms with Crippen molar-refractivity contribution in [1.82, 2.24) is 0 Å². The fraction of sp³-hybridized carbons (Fsp3) is 0.517. The number of rotatable bonds is 15. The molecular weight excluding hydrogens is 513 g/mol. The van der Waals surface area contributed by atoms with Gasteiger partial charge in [0, 0.05) is 5.54 Å². The third-order valence-corrected chi connectivity index (χ3v) is 19.4. The molecule has 2 rings (SSSR count). The maximum atomic E-state index is 7.56. The molecule has 200 valence electrons. The molecule has 0 bridgehead atoms. The molecule has 0 heterocycles. The molecule has 0 saturated carbocycles. The molecule has 0 aliphatic rings. The van der Waals surface area contributed by atoms with Crippen molar-refractivity contribution >= 4 is 47.3 Å². The van der Waals surface area contributed by atoms with Gasteiger partial charge in [0.1, 0.15) is 0 Å². The van der Waals surface area contributed by atoms with E-state index in [0.29, 0.717) is 0 Å². The molecule has 36 heavy (non-hydrogen) atoms. The molecule has 3 atom stereocenters. The molecule has 0 saturated heterocycles. The fourth-order valence-corrected chi connectivity index (χ4v) is 18.1. The Morgan fingerprint density at radius 3 is 1.75 bits per heavy atom. The van der Waals surface area contributed by atoms with Crippen LogP contribution >= 0.6 is 11.8 Å². The van der Waals surface area contributed by atoms with Crippen molar-refractivity contribution in [1.29, 1.82) is 0 Å². The zero-order chi connectivity index (χ0) is 27.0. The first-order valence-electron chi connectivity index (χ1n) is 13.3. The van der Waals surface area contributed by atoms with Gasteiger partial charge in [0.25, 0.3) is 8.32 Å². The van der Waals surface area contributed by atoms with E-state index in [4.69, 9.17) is 13.0 Å². The molecule has 3 unspecified atom stereocenters. The molecule has 0 aromatic heterocycles. The zero-order valence-electron chi connectivity index (χ0n) is 24.0. The van der Waals surface area contributed by atoms with Crippen molar-refractivity contribution in [3.63, 3.8) is 0 Å². The fourth-order valence-electron chi connectivity index (χ4n) is 5.08. The maximum absolute atomic E-state index is 7.56. The predicted octanol–water partition coefficient (Wildman–Crippen LogP) is 7.48. The molecule has 0 radical (unpaired) electrons. The lowest BCUT2D eigenvalue weighted by Crippen LogP contribution is -2.69. The highest BCUT2D eigenvalue weighted by atomic mass is 32.2. The van der Waals surface area contributed by atoms with Crippen LogP contribution in [0.25, 0.3) is 0 Å². The van der Waals surface area contributed by atoms with E-state index in [9.17, 15) is 0 Å². The smallest absolute Gasteiger partial charge is 0.321 e. The zero-order valence-corrected chi connectivity index (χ0v) is 27.8. The van der Waals surface area contributed by atoms with E-state index in [2.05, 4.69) is 127 Å². The summed E-state index contributed by atoms with van der Waals surface area (Å²) in [6.07, 6.45) is 5.00. The van der Waals surface area contributed by atoms with Crippen LogP contribution in [0.5, 0.6) is 0 Å². The van der Waals surface area contributed by atoms with Gasteiger partial charge in [-0.3, -0.25) is 0 Å². The molecule has 0 aliphatic heterocycles. The number of benzene rings is 2. The number of thioether (sulfide) groups is 1. The lowest BCUT2D eigenvalue weighted by molar-refractivity contribution is 0.119. The molecule has 0 aliphatic carbocycles. The standard InChI is InChI=1S/C29H48O3SSi3/c1-11-27(30-35(9,10)32-34(7,8)14-4)28(12-2)36(25-21-17-15-18-22-25,26-23-19-16-20-24-26)31-29(5,13-3)33-6/h14-24,27-28H,4,11-13H2,1-3,5-10H3. The quantitative estimate of drug-likeness (QED) is 0.167. The van der Waals surface area contributed by atoms with Crippen LogP contribution < -0.4 is 10.4 Å². The summed E-state index contributed by atoms with van der Waals surface area (Å²) in [6.45, 7) is 21.8. The average molecular weight is 561 g/mol. The van der Waals surface area contributed by atoms with Gasteiger partial charge in [-0.15, -0.1) is 18.3 Å². The minimum absolute atomic E-state index is 0.0290. The Morgan fingerprint density at radius 2 is 1.39 bits per heavy atom. The Morgan fingerprint density at radius 1 is 0.889 bits per heavy atom. The summed E-state index contributed by atoms with van der Waals surface area (Å²) in [7, 11) is -7.20. The molecular formula is C29H48O3SSi3. The highest BCUT2D eigenvalue weighted by molar-refractivity contribution is 7.99. The van der Waals surface area contributed by atoms with Gasteiger partial charge >= 0.3 is 8.56 Å². The van der Waals surface area contributed by atoms with Crippen LogP contribution in [-0.2, 0) is 13.0 Å². The summed E-state index contributed by atoms with van der Waals surface area (Å²) in [6, 6.07) is 21.9. The van der Waals surface area contributed by atoms with Gasteiger partial charge in [-0.2, -0.15) is 0 Å². The minimum atomic E-state index is -2.79. The van der Waals surface area contributed by atoms with Crippen LogP contribution in [0.3, 0.4) is 0 Å². The van der Waals surface area contributed by atoms with E-state index >= 15 is 0 Å². The van der Waals surface area contributed by atoms with Crippen molar-refractivity contribution in [2.45, 2.75) is 89.7 Å². The van der Waals surface area contributed by atoms with E-state index in [1.165, 1.54) is 10.4 Å². The lowest BCUT2D eigenvalue weighted by Gasteiger charge is -2.48. The van der Waals surface area contributed by atoms with E-state index in [-0.39, 0.29) is 16.6 Å². The average Bonchev–Trinajstić information content (AvgIpc) is 2.88. The van der Waals surface area contributed by atoms with E-state index in [1.807, 2.05) is 17.5 Å². The molecule has 7 heteroatoms. The summed E-state index contributed by atoms with van der Waals surface area (Å²) in [5.41, 5.74) is 2.22. The van der Waals surface area contributed by atoms with E-state index in [0.717, 1.165) is 19.3 Å². The Bertz CT molecular complexity index is 894. The van der Waals surface area contributed by atoms with Crippen molar-refractivity contribution < 1.29 is 13.0 Å². The van der Waals surface area contributed by atoms with Crippen LogP contribution in [0.15, 0.2) is 72.9 Å². The van der Waals surface area contributed by atoms with Crippen LogP contribution in [-0.4, -0.2) is 42.5 Å². The SMILES string of the molecule is C=C[Si](C)(C)O[Si](C)(C)OC(CC)C(CC)[Si](OC(C)(CC)SC)(c1ccccc1)c1ccccc1. The Labute approximate surface area is 228 Å². The number of hydrogen-bond acceptors (Lipinski definition) is 4. The van der Waals surface area contributed by atoms with Crippen molar-refractivity contribution in [3.05, 3.63) is 72.9 Å². The maximum Gasteiger partial charge on any atom is 0.321 e. The van der Waals surface area contributed by atoms with Crippen LogP contribution in [0.2, 0.25) is 31.7 Å². The Kier molecular flexibility index (Phi) is 11.5. The molecule has 2 aromatic rings. The van der Waals surface area contributed by atoms with Gasteiger partial charge < -0.3 is 13.0 Å². The van der Waals surface area contributed by atoms with Crippen LogP contribution in [0.4, 0.5) is 0 Å². The van der Waals surface area contributed by atoms with Gasteiger partial charge in [0.2, 0.25) is 0 Å². The van der Waals surface area contributed by atoms with Crippen molar-refractivity contribution in [2.24, 2.45) is 0 Å². The molecule has 0 N–H and O–H groups in total. The highest BCUT2D eigenvalue weighted by Gasteiger charge is 2.53. The van der Waals surface area contributed by atoms with Gasteiger partial charge in [-0.05, 0) is 62.6 Å². The second-order valence-electron chi connectivity index (χ2n) is 10.7. The van der Waals surface area contributed by atoms with Gasteiger partial charge in [0.15, 0.2) is 8.32 Å². The Hall–Kier alpha value is -0.939. The van der Waals surface area contributed by atoms with Gasteiger partial charge in [-0.25, -0.2) is 0 Å². The topological polar surface area (TPSA) is 27.7 Å². The van der Waals surface area contributed by atoms with E-state index < -0.39 is 25.2 Å². The third-order valence-electron chi connectivity index (χ3n) is 7.10. The monoisotopic (exact) mass is 560 g/mol. The molecule has 0 amide bonds. The first-order chi connectivity index (χ1) is 16.9. The van der Waals surface area contributed by atoms with Crippen molar-refractivity contribution in [3.8, 4) is 0 Å². The molecule has 2 aromatic carbocycles. The normalized spacial score (nSPS) is 16.2. The largest absolute Gasteiger partial charge is 0.433 e. The summed E-state index contributed by atoms with van der Waals surface area (Å²) < 4.78 is 21.3. The number of hydrogen-bond donors (Lipinski definition) is 0. The predicted molar refractivity (Wildman–Crippen MR) is 167 cm³/mol. The first kappa shape index (κ1) is 31.3. The lowest BCUT2D eigenvalue weighted by atomic mass is 10.1. The summed E-state index contributed by atoms with van der Waals surface area (Å²) >= 11 is 1.81. The molecule has 3 nitrogen and oxygen atoms in total. The molecule has 0 fully saturated rings. The minimum Gasteiger partial charge on any atom is -0.433 e. The van der Waals surface area contributed by atoms with E-state index in [1.54, 1.807) is 0 Å². The first-order valence-corrected chi connectivity index (χ1v) is 22.3. The van der Waals surface area contributed by atoms with Crippen molar-refractivity contribution in [2.75, 3.05) is 6.26 Å².